The number of rotatable bonds is 5. The fourth-order valence-corrected chi connectivity index (χ4v) is 2.49. The highest BCUT2D eigenvalue weighted by Gasteiger charge is 2.69. The molecule has 0 radical (unpaired) electrons. The van der Waals surface area contributed by atoms with Crippen LogP contribution in [-0.4, -0.2) is 22.8 Å². The van der Waals surface area contributed by atoms with Gasteiger partial charge < -0.3 is 10.1 Å². The molecule has 1 atom stereocenters. The largest absolute Gasteiger partial charge is 0.455 e. The van der Waals surface area contributed by atoms with Gasteiger partial charge in [-0.1, -0.05) is 18.2 Å². The smallest absolute Gasteiger partial charge is 0.315 e. The van der Waals surface area contributed by atoms with Crippen molar-refractivity contribution in [3.8, 4) is 0 Å². The van der Waals surface area contributed by atoms with Gasteiger partial charge in [-0.25, -0.2) is 4.39 Å². The van der Waals surface area contributed by atoms with Gasteiger partial charge in [-0.05, 0) is 13.0 Å². The van der Waals surface area contributed by atoms with E-state index in [9.17, 15) is 14.0 Å². The molecule has 1 amide bonds. The third-order valence-electron chi connectivity index (χ3n) is 3.48. The fourth-order valence-electron chi connectivity index (χ4n) is 1.80. The highest BCUT2D eigenvalue weighted by molar-refractivity contribution is 6.53. The van der Waals surface area contributed by atoms with Crippen LogP contribution in [0.15, 0.2) is 24.3 Å². The predicted octanol–water partition coefficient (Wildman–Crippen LogP) is 2.57. The number of benzene rings is 1. The number of halogens is 3. The van der Waals surface area contributed by atoms with Crippen LogP contribution in [0.5, 0.6) is 0 Å². The minimum atomic E-state index is -1.13. The van der Waals surface area contributed by atoms with Gasteiger partial charge in [-0.3, -0.25) is 9.59 Å². The Balaban J connectivity index is 1.76. The molecule has 0 saturated heterocycles. The number of hydrogen-bond acceptors (Lipinski definition) is 3. The van der Waals surface area contributed by atoms with Crippen LogP contribution in [0, 0.1) is 11.2 Å². The van der Waals surface area contributed by atoms with Crippen LogP contribution in [0.4, 0.5) is 4.39 Å². The van der Waals surface area contributed by atoms with E-state index >= 15 is 0 Å². The molecule has 1 N–H and O–H groups in total. The molecule has 0 aliphatic heterocycles. The maximum Gasteiger partial charge on any atom is 0.315 e. The minimum absolute atomic E-state index is 0.0231. The monoisotopic (exact) mass is 333 g/mol. The molecule has 0 heterocycles. The number of nitrogens with one attached hydrogen (secondary N) is 1. The number of hydrogen-bond donors (Lipinski definition) is 1. The summed E-state index contributed by atoms with van der Waals surface area (Å²) >= 11 is 11.7. The Morgan fingerprint density at radius 2 is 2.00 bits per heavy atom. The standard InChI is InChI=1S/C14H14Cl2FNO3/c1-13(8-14(13,15)16)12(20)21-7-11(19)18-6-9-4-2-3-5-10(9)17/h2-5H,6-8H2,1H3,(H,18,19)/t13-/m0/s1. The molecular formula is C14H14Cl2FNO3. The lowest BCUT2D eigenvalue weighted by Crippen LogP contribution is -2.31. The van der Waals surface area contributed by atoms with E-state index in [1.54, 1.807) is 25.1 Å². The number of carbonyl (C=O) groups is 2. The van der Waals surface area contributed by atoms with Gasteiger partial charge in [0.05, 0.1) is 0 Å². The molecule has 1 aliphatic rings. The van der Waals surface area contributed by atoms with E-state index in [0.29, 0.717) is 12.0 Å². The lowest BCUT2D eigenvalue weighted by Gasteiger charge is -2.12. The number of amides is 1. The van der Waals surface area contributed by atoms with E-state index in [-0.39, 0.29) is 6.54 Å². The Labute approximate surface area is 131 Å². The first-order chi connectivity index (χ1) is 9.76. The molecule has 7 heteroatoms. The van der Waals surface area contributed by atoms with Crippen LogP contribution in [0.3, 0.4) is 0 Å². The van der Waals surface area contributed by atoms with Crippen molar-refractivity contribution < 1.29 is 18.7 Å². The summed E-state index contributed by atoms with van der Waals surface area (Å²) in [5.74, 6) is -1.55. The molecule has 114 valence electrons. The zero-order chi connectivity index (χ0) is 15.7. The first-order valence-corrected chi connectivity index (χ1v) is 7.07. The van der Waals surface area contributed by atoms with E-state index in [1.807, 2.05) is 0 Å². The van der Waals surface area contributed by atoms with E-state index in [1.165, 1.54) is 6.07 Å². The Hall–Kier alpha value is -1.33. The van der Waals surface area contributed by atoms with Crippen LogP contribution in [0.2, 0.25) is 0 Å². The molecule has 1 aromatic rings. The molecule has 4 nitrogen and oxygen atoms in total. The van der Waals surface area contributed by atoms with Gasteiger partial charge in [0, 0.05) is 18.5 Å². The van der Waals surface area contributed by atoms with Crippen LogP contribution < -0.4 is 5.32 Å². The first kappa shape index (κ1) is 16.0. The normalized spacial score (nSPS) is 22.5. The lowest BCUT2D eigenvalue weighted by atomic mass is 10.1. The zero-order valence-corrected chi connectivity index (χ0v) is 12.8. The summed E-state index contributed by atoms with van der Waals surface area (Å²) in [6.07, 6.45) is 0.290. The van der Waals surface area contributed by atoms with E-state index in [4.69, 9.17) is 27.9 Å². The molecule has 21 heavy (non-hydrogen) atoms. The van der Waals surface area contributed by atoms with Crippen molar-refractivity contribution in [1.29, 1.82) is 0 Å². The number of carbonyl (C=O) groups excluding carboxylic acids is 2. The molecule has 0 unspecified atom stereocenters. The van der Waals surface area contributed by atoms with Crippen molar-refractivity contribution in [3.63, 3.8) is 0 Å². The van der Waals surface area contributed by atoms with E-state index in [0.717, 1.165) is 0 Å². The minimum Gasteiger partial charge on any atom is -0.455 e. The van der Waals surface area contributed by atoms with Crippen molar-refractivity contribution in [2.45, 2.75) is 24.2 Å². The predicted molar refractivity (Wildman–Crippen MR) is 76.4 cm³/mol. The molecule has 1 aromatic carbocycles. The van der Waals surface area contributed by atoms with E-state index in [2.05, 4.69) is 5.32 Å². The summed E-state index contributed by atoms with van der Waals surface area (Å²) in [4.78, 5) is 23.3. The number of ether oxygens (including phenoxy) is 1. The molecular weight excluding hydrogens is 320 g/mol. The third kappa shape index (κ3) is 3.47. The first-order valence-electron chi connectivity index (χ1n) is 6.31. The summed E-state index contributed by atoms with van der Waals surface area (Å²) in [5.41, 5.74) is -0.617. The maximum absolute atomic E-state index is 13.3. The second kappa shape index (κ2) is 5.81. The highest BCUT2D eigenvalue weighted by Crippen LogP contribution is 2.64. The van der Waals surface area contributed by atoms with Gasteiger partial charge in [-0.2, -0.15) is 0 Å². The summed E-state index contributed by atoms with van der Waals surface area (Å²) in [6, 6.07) is 6.08. The second-order valence-electron chi connectivity index (χ2n) is 5.16. The topological polar surface area (TPSA) is 55.4 Å². The SMILES string of the molecule is C[C@@]1(C(=O)OCC(=O)NCc2ccccc2F)CC1(Cl)Cl. The van der Waals surface area contributed by atoms with Gasteiger partial charge >= 0.3 is 5.97 Å². The van der Waals surface area contributed by atoms with Gasteiger partial charge in [-0.15, -0.1) is 23.2 Å². The average Bonchev–Trinajstić information content (AvgIpc) is 2.95. The summed E-state index contributed by atoms with van der Waals surface area (Å²) in [5, 5.41) is 2.47. The second-order valence-corrected chi connectivity index (χ2v) is 6.64. The van der Waals surface area contributed by atoms with Crippen molar-refractivity contribution in [3.05, 3.63) is 35.6 Å². The van der Waals surface area contributed by atoms with Gasteiger partial charge in [0.15, 0.2) is 6.61 Å². The fraction of sp³-hybridized carbons (Fsp3) is 0.429. The summed E-state index contributed by atoms with van der Waals surface area (Å²) < 4.78 is 17.1. The molecule has 0 aromatic heterocycles. The van der Waals surface area contributed by atoms with E-state index < -0.39 is 34.0 Å². The Bertz CT molecular complexity index is 579. The van der Waals surface area contributed by atoms with Crippen molar-refractivity contribution in [2.24, 2.45) is 5.41 Å². The third-order valence-corrected chi connectivity index (χ3v) is 4.58. The van der Waals surface area contributed by atoms with Gasteiger partial charge in [0.25, 0.3) is 5.91 Å². The molecule has 1 saturated carbocycles. The van der Waals surface area contributed by atoms with Crippen molar-refractivity contribution >= 4 is 35.1 Å². The summed E-state index contributed by atoms with van der Waals surface area (Å²) in [7, 11) is 0. The number of alkyl halides is 2. The Kier molecular flexibility index (Phi) is 4.44. The highest BCUT2D eigenvalue weighted by atomic mass is 35.5. The molecule has 1 aliphatic carbocycles. The molecule has 0 bridgehead atoms. The maximum atomic E-state index is 13.3. The number of esters is 1. The summed E-state index contributed by atoms with van der Waals surface area (Å²) in [6.45, 7) is 1.15. The Morgan fingerprint density at radius 1 is 1.38 bits per heavy atom. The average molecular weight is 334 g/mol. The molecule has 1 fully saturated rings. The van der Waals surface area contributed by atoms with Gasteiger partial charge in [0.1, 0.15) is 15.6 Å². The Morgan fingerprint density at radius 3 is 2.57 bits per heavy atom. The van der Waals surface area contributed by atoms with Crippen LogP contribution >= 0.6 is 23.2 Å². The molecule has 2 rings (SSSR count). The molecule has 0 spiro atoms. The lowest BCUT2D eigenvalue weighted by molar-refractivity contribution is -0.153. The zero-order valence-electron chi connectivity index (χ0n) is 11.3. The van der Waals surface area contributed by atoms with Crippen molar-refractivity contribution in [1.82, 2.24) is 5.32 Å². The van der Waals surface area contributed by atoms with Gasteiger partial charge in [0.2, 0.25) is 0 Å². The van der Waals surface area contributed by atoms with Crippen LogP contribution in [0.25, 0.3) is 0 Å². The quantitative estimate of drug-likeness (QED) is 0.665. The van der Waals surface area contributed by atoms with Crippen LogP contribution in [0.1, 0.15) is 18.9 Å². The van der Waals surface area contributed by atoms with Crippen molar-refractivity contribution in [2.75, 3.05) is 6.61 Å². The van der Waals surface area contributed by atoms with Crippen LogP contribution in [-0.2, 0) is 20.9 Å².